The van der Waals surface area contributed by atoms with Crippen molar-refractivity contribution in [1.29, 1.82) is 0 Å². The van der Waals surface area contributed by atoms with Gasteiger partial charge in [0.25, 0.3) is 5.91 Å². The van der Waals surface area contributed by atoms with Crippen LogP contribution in [0.15, 0.2) is 77.7 Å². The maximum absolute atomic E-state index is 12.9. The Morgan fingerprint density at radius 1 is 1.06 bits per heavy atom. The summed E-state index contributed by atoms with van der Waals surface area (Å²) in [5.41, 5.74) is 1.98. The number of hydrogen-bond donors (Lipinski definition) is 1. The molecule has 0 unspecified atom stereocenters. The first kappa shape index (κ1) is 23.8. The van der Waals surface area contributed by atoms with Crippen LogP contribution < -0.4 is 10.1 Å². The molecule has 3 aromatic rings. The quantitative estimate of drug-likeness (QED) is 0.517. The van der Waals surface area contributed by atoms with Crippen molar-refractivity contribution in [3.8, 4) is 5.75 Å². The van der Waals surface area contributed by atoms with Gasteiger partial charge in [-0.05, 0) is 55.0 Å². The molecule has 1 N–H and O–H groups in total. The lowest BCUT2D eigenvalue weighted by molar-refractivity contribution is 0.0939. The van der Waals surface area contributed by atoms with Crippen LogP contribution in [-0.4, -0.2) is 32.8 Å². The van der Waals surface area contributed by atoms with E-state index in [1.807, 2.05) is 37.3 Å². The van der Waals surface area contributed by atoms with Gasteiger partial charge in [0.2, 0.25) is 10.0 Å². The fraction of sp³-hybridized carbons (Fsp3) is 0.208. The van der Waals surface area contributed by atoms with Crippen LogP contribution in [0.1, 0.15) is 34.5 Å². The average Bonchev–Trinajstić information content (AvgIpc) is 2.79. The third kappa shape index (κ3) is 5.48. The van der Waals surface area contributed by atoms with Crippen LogP contribution in [-0.2, 0) is 16.6 Å². The Hall–Kier alpha value is -2.87. The molecule has 1 atom stereocenters. The SMILES string of the molecule is COc1ccc(C(=O)N[C@@H](C)c2ccccc2)cc1CN(C)S(=O)(=O)c1ccc(Cl)cc1. The number of ether oxygens (including phenoxy) is 1. The van der Waals surface area contributed by atoms with E-state index in [0.29, 0.717) is 21.9 Å². The Kier molecular flexibility index (Phi) is 7.56. The van der Waals surface area contributed by atoms with Gasteiger partial charge in [-0.1, -0.05) is 41.9 Å². The van der Waals surface area contributed by atoms with Gasteiger partial charge < -0.3 is 10.1 Å². The summed E-state index contributed by atoms with van der Waals surface area (Å²) in [6, 6.07) is 20.4. The highest BCUT2D eigenvalue weighted by atomic mass is 35.5. The lowest BCUT2D eigenvalue weighted by Crippen LogP contribution is -2.28. The molecule has 0 saturated carbocycles. The number of halogens is 1. The number of amides is 1. The van der Waals surface area contributed by atoms with Crippen molar-refractivity contribution in [2.24, 2.45) is 0 Å². The van der Waals surface area contributed by atoms with Crippen molar-refractivity contribution in [1.82, 2.24) is 9.62 Å². The van der Waals surface area contributed by atoms with Crippen LogP contribution in [0.25, 0.3) is 0 Å². The minimum atomic E-state index is -3.75. The first-order valence-corrected chi connectivity index (χ1v) is 11.8. The fourth-order valence-electron chi connectivity index (χ4n) is 3.26. The van der Waals surface area contributed by atoms with Crippen molar-refractivity contribution in [2.75, 3.05) is 14.2 Å². The minimum absolute atomic E-state index is 0.0312. The summed E-state index contributed by atoms with van der Waals surface area (Å²) < 4.78 is 32.5. The number of carbonyl (C=O) groups is 1. The molecule has 8 heteroatoms. The zero-order valence-corrected chi connectivity index (χ0v) is 19.7. The van der Waals surface area contributed by atoms with Crippen LogP contribution in [0.5, 0.6) is 5.75 Å². The van der Waals surface area contributed by atoms with Gasteiger partial charge in [-0.3, -0.25) is 4.79 Å². The molecule has 0 aliphatic carbocycles. The van der Waals surface area contributed by atoms with Gasteiger partial charge in [-0.25, -0.2) is 8.42 Å². The van der Waals surface area contributed by atoms with Gasteiger partial charge in [0, 0.05) is 29.7 Å². The molecule has 0 saturated heterocycles. The van der Waals surface area contributed by atoms with Crippen molar-refractivity contribution < 1.29 is 17.9 Å². The Labute approximate surface area is 193 Å². The van der Waals surface area contributed by atoms with Crippen LogP contribution >= 0.6 is 11.6 Å². The normalized spacial score (nSPS) is 12.4. The van der Waals surface area contributed by atoms with Gasteiger partial charge in [-0.15, -0.1) is 0 Å². The average molecular weight is 473 g/mol. The van der Waals surface area contributed by atoms with Crippen LogP contribution in [0.2, 0.25) is 5.02 Å². The molecule has 0 aliphatic heterocycles. The molecule has 0 heterocycles. The number of sulfonamides is 1. The van der Waals surface area contributed by atoms with Gasteiger partial charge in [0.1, 0.15) is 5.75 Å². The molecule has 1 amide bonds. The van der Waals surface area contributed by atoms with E-state index in [0.717, 1.165) is 5.56 Å². The summed E-state index contributed by atoms with van der Waals surface area (Å²) in [5.74, 6) is 0.240. The molecule has 0 radical (unpaired) electrons. The van der Waals surface area contributed by atoms with E-state index in [1.165, 1.54) is 42.7 Å². The number of nitrogens with one attached hydrogen (secondary N) is 1. The van der Waals surface area contributed by atoms with Crippen molar-refractivity contribution in [3.63, 3.8) is 0 Å². The number of rotatable bonds is 8. The molecule has 0 spiro atoms. The van der Waals surface area contributed by atoms with Crippen molar-refractivity contribution in [2.45, 2.75) is 24.4 Å². The van der Waals surface area contributed by atoms with Crippen molar-refractivity contribution in [3.05, 3.63) is 94.5 Å². The number of hydrogen-bond acceptors (Lipinski definition) is 4. The predicted octanol–water partition coefficient (Wildman–Crippen LogP) is 4.66. The fourth-order valence-corrected chi connectivity index (χ4v) is 4.53. The van der Waals surface area contributed by atoms with Crippen molar-refractivity contribution >= 4 is 27.5 Å². The first-order chi connectivity index (χ1) is 15.2. The molecular weight excluding hydrogens is 448 g/mol. The van der Waals surface area contributed by atoms with E-state index < -0.39 is 10.0 Å². The monoisotopic (exact) mass is 472 g/mol. The summed E-state index contributed by atoms with van der Waals surface area (Å²) in [6.45, 7) is 1.94. The van der Waals surface area contributed by atoms with Gasteiger partial charge in [-0.2, -0.15) is 4.31 Å². The number of carbonyl (C=O) groups excluding carboxylic acids is 1. The smallest absolute Gasteiger partial charge is 0.251 e. The largest absolute Gasteiger partial charge is 0.496 e. The van der Waals surface area contributed by atoms with E-state index in [2.05, 4.69) is 5.32 Å². The number of nitrogens with zero attached hydrogens (tertiary/aromatic N) is 1. The highest BCUT2D eigenvalue weighted by Gasteiger charge is 2.23. The summed E-state index contributed by atoms with van der Waals surface area (Å²) in [7, 11) is -0.765. The van der Waals surface area contributed by atoms with E-state index in [1.54, 1.807) is 18.2 Å². The second kappa shape index (κ2) is 10.2. The molecule has 6 nitrogen and oxygen atoms in total. The molecule has 0 bridgehead atoms. The van der Waals surface area contributed by atoms with E-state index in [-0.39, 0.29) is 23.4 Å². The molecule has 32 heavy (non-hydrogen) atoms. The van der Waals surface area contributed by atoms with Gasteiger partial charge in [0.05, 0.1) is 18.0 Å². The molecule has 3 rings (SSSR count). The number of methoxy groups -OCH3 is 1. The maximum atomic E-state index is 12.9. The zero-order valence-electron chi connectivity index (χ0n) is 18.1. The first-order valence-electron chi connectivity index (χ1n) is 9.97. The Morgan fingerprint density at radius 2 is 1.72 bits per heavy atom. The second-order valence-electron chi connectivity index (χ2n) is 7.35. The topological polar surface area (TPSA) is 75.7 Å². The summed E-state index contributed by atoms with van der Waals surface area (Å²) >= 11 is 5.87. The van der Waals surface area contributed by atoms with Gasteiger partial charge in [0.15, 0.2) is 0 Å². The third-order valence-corrected chi connectivity index (χ3v) is 7.17. The lowest BCUT2D eigenvalue weighted by Gasteiger charge is -2.20. The highest BCUT2D eigenvalue weighted by molar-refractivity contribution is 7.89. The Balaban J connectivity index is 1.81. The third-order valence-electron chi connectivity index (χ3n) is 5.10. The van der Waals surface area contributed by atoms with Crippen LogP contribution in [0.4, 0.5) is 0 Å². The molecular formula is C24H25ClN2O4S. The van der Waals surface area contributed by atoms with Gasteiger partial charge >= 0.3 is 0 Å². The lowest BCUT2D eigenvalue weighted by atomic mass is 10.1. The number of benzene rings is 3. The molecule has 0 aromatic heterocycles. The summed E-state index contributed by atoms with van der Waals surface area (Å²) in [5, 5.41) is 3.42. The maximum Gasteiger partial charge on any atom is 0.251 e. The molecule has 0 fully saturated rings. The van der Waals surface area contributed by atoms with E-state index in [9.17, 15) is 13.2 Å². The molecule has 168 valence electrons. The van der Waals surface area contributed by atoms with Crippen LogP contribution in [0.3, 0.4) is 0 Å². The Morgan fingerprint density at radius 3 is 2.34 bits per heavy atom. The second-order valence-corrected chi connectivity index (χ2v) is 9.83. The summed E-state index contributed by atoms with van der Waals surface area (Å²) in [6.07, 6.45) is 0. The van der Waals surface area contributed by atoms with E-state index in [4.69, 9.17) is 16.3 Å². The molecule has 3 aromatic carbocycles. The van der Waals surface area contributed by atoms with Crippen LogP contribution in [0, 0.1) is 0 Å². The minimum Gasteiger partial charge on any atom is -0.496 e. The molecule has 0 aliphatic rings. The Bertz CT molecular complexity index is 1180. The standard InChI is InChI=1S/C24H25ClN2O4S/c1-17(18-7-5-4-6-8-18)26-24(28)19-9-14-23(31-3)20(15-19)16-27(2)32(29,30)22-12-10-21(25)11-13-22/h4-15,17H,16H2,1-3H3,(H,26,28)/t17-/m0/s1. The highest BCUT2D eigenvalue weighted by Crippen LogP contribution is 2.25. The van der Waals surface area contributed by atoms with E-state index >= 15 is 0 Å². The predicted molar refractivity (Wildman–Crippen MR) is 125 cm³/mol. The summed E-state index contributed by atoms with van der Waals surface area (Å²) in [4.78, 5) is 13.0. The zero-order chi connectivity index (χ0) is 23.3.